The predicted octanol–water partition coefficient (Wildman–Crippen LogP) is 3.09. The number of nitrogens with one attached hydrogen (secondary N) is 1. The van der Waals surface area contributed by atoms with E-state index in [2.05, 4.69) is 15.5 Å². The van der Waals surface area contributed by atoms with Crippen molar-refractivity contribution in [1.82, 2.24) is 19.6 Å². The second kappa shape index (κ2) is 7.67. The Kier molecular flexibility index (Phi) is 4.90. The molecule has 0 atom stereocenters. The summed E-state index contributed by atoms with van der Waals surface area (Å²) >= 11 is 0. The lowest BCUT2D eigenvalue weighted by atomic mass is 10.1. The maximum atomic E-state index is 12.5. The van der Waals surface area contributed by atoms with Crippen molar-refractivity contribution < 1.29 is 14.3 Å². The van der Waals surface area contributed by atoms with Gasteiger partial charge in [0.1, 0.15) is 18.0 Å². The molecule has 8 heteroatoms. The van der Waals surface area contributed by atoms with Crippen molar-refractivity contribution in [2.45, 2.75) is 6.54 Å². The summed E-state index contributed by atoms with van der Waals surface area (Å²) in [6.07, 6.45) is 1.76. The number of hydrogen-bond acceptors (Lipinski definition) is 5. The molecule has 4 aromatic rings. The summed E-state index contributed by atoms with van der Waals surface area (Å²) in [4.78, 5) is 12.5. The zero-order valence-electron chi connectivity index (χ0n) is 16.4. The molecule has 2 heterocycles. The Morgan fingerprint density at radius 1 is 1.07 bits per heavy atom. The minimum atomic E-state index is -0.204. The molecule has 0 saturated heterocycles. The number of fused-ring (bicyclic) bond motifs is 1. The van der Waals surface area contributed by atoms with Crippen LogP contribution in [0.2, 0.25) is 0 Å². The van der Waals surface area contributed by atoms with E-state index in [0.29, 0.717) is 23.0 Å². The van der Waals surface area contributed by atoms with Crippen LogP contribution in [0.25, 0.3) is 22.2 Å². The molecule has 0 fully saturated rings. The number of amides is 1. The van der Waals surface area contributed by atoms with Gasteiger partial charge in [-0.3, -0.25) is 14.2 Å². The van der Waals surface area contributed by atoms with Gasteiger partial charge in [-0.25, -0.2) is 0 Å². The summed E-state index contributed by atoms with van der Waals surface area (Å²) in [5, 5.41) is 12.7. The normalized spacial score (nSPS) is 10.9. The molecule has 0 radical (unpaired) electrons. The molecular formula is C21H21N5O3. The molecule has 4 rings (SSSR count). The average molecular weight is 391 g/mol. The van der Waals surface area contributed by atoms with Crippen LogP contribution in [-0.2, 0) is 18.4 Å². The van der Waals surface area contributed by atoms with Crippen LogP contribution in [0.4, 0.5) is 5.82 Å². The zero-order valence-corrected chi connectivity index (χ0v) is 16.4. The van der Waals surface area contributed by atoms with Crippen LogP contribution in [-0.4, -0.2) is 39.7 Å². The smallest absolute Gasteiger partial charge is 0.247 e. The quantitative estimate of drug-likeness (QED) is 0.546. The van der Waals surface area contributed by atoms with E-state index in [0.717, 1.165) is 16.5 Å². The number of para-hydroxylation sites is 1. The van der Waals surface area contributed by atoms with E-state index in [-0.39, 0.29) is 12.5 Å². The molecule has 2 aromatic heterocycles. The molecule has 0 unspecified atom stereocenters. The molecule has 0 aliphatic carbocycles. The summed E-state index contributed by atoms with van der Waals surface area (Å²) in [6.45, 7) is 0.0728. The highest BCUT2D eigenvalue weighted by Gasteiger charge is 2.14. The standard InChI is InChI=1S/C21H21N5O3/c1-25-18-7-5-4-6-16(18)21(24-25)22-20(27)13-26-11-10-17(23-26)15-9-8-14(28-2)12-19(15)29-3/h4-12H,13H2,1-3H3,(H,22,24,27). The zero-order chi connectivity index (χ0) is 20.4. The molecule has 0 bridgehead atoms. The van der Waals surface area contributed by atoms with E-state index in [9.17, 15) is 4.79 Å². The lowest BCUT2D eigenvalue weighted by Gasteiger charge is -2.08. The minimum absolute atomic E-state index is 0.0728. The monoisotopic (exact) mass is 391 g/mol. The molecular weight excluding hydrogens is 370 g/mol. The Morgan fingerprint density at radius 2 is 1.90 bits per heavy atom. The van der Waals surface area contributed by atoms with Crippen molar-refractivity contribution in [3.8, 4) is 22.8 Å². The molecule has 2 aromatic carbocycles. The van der Waals surface area contributed by atoms with Crippen LogP contribution < -0.4 is 14.8 Å². The molecule has 29 heavy (non-hydrogen) atoms. The van der Waals surface area contributed by atoms with E-state index in [4.69, 9.17) is 9.47 Å². The molecule has 1 N–H and O–H groups in total. The largest absolute Gasteiger partial charge is 0.497 e. The SMILES string of the molecule is COc1ccc(-c2ccn(CC(=O)Nc3nn(C)c4ccccc34)n2)c(OC)c1. The molecule has 0 spiro atoms. The molecule has 0 saturated carbocycles. The second-order valence-corrected chi connectivity index (χ2v) is 6.50. The highest BCUT2D eigenvalue weighted by molar-refractivity contribution is 5.99. The van der Waals surface area contributed by atoms with E-state index in [1.54, 1.807) is 35.8 Å². The number of aryl methyl sites for hydroxylation is 1. The van der Waals surface area contributed by atoms with Gasteiger partial charge in [-0.1, -0.05) is 12.1 Å². The number of methoxy groups -OCH3 is 2. The van der Waals surface area contributed by atoms with Gasteiger partial charge in [-0.05, 0) is 30.3 Å². The van der Waals surface area contributed by atoms with Gasteiger partial charge in [0.25, 0.3) is 0 Å². The fraction of sp³-hybridized carbons (Fsp3) is 0.190. The fourth-order valence-electron chi connectivity index (χ4n) is 3.23. The number of anilines is 1. The number of ether oxygens (including phenoxy) is 2. The second-order valence-electron chi connectivity index (χ2n) is 6.50. The lowest BCUT2D eigenvalue weighted by molar-refractivity contribution is -0.116. The number of benzene rings is 2. The van der Waals surface area contributed by atoms with Gasteiger partial charge < -0.3 is 14.8 Å². The predicted molar refractivity (Wildman–Crippen MR) is 110 cm³/mol. The summed E-state index contributed by atoms with van der Waals surface area (Å²) in [5.74, 6) is 1.69. The van der Waals surface area contributed by atoms with Crippen LogP contribution in [0.5, 0.6) is 11.5 Å². The number of rotatable bonds is 6. The Balaban J connectivity index is 1.51. The van der Waals surface area contributed by atoms with Crippen LogP contribution in [0.3, 0.4) is 0 Å². The average Bonchev–Trinajstić information content (AvgIpc) is 3.32. The first-order chi connectivity index (χ1) is 14.1. The van der Waals surface area contributed by atoms with Crippen LogP contribution in [0.1, 0.15) is 0 Å². The number of nitrogens with zero attached hydrogens (tertiary/aromatic N) is 4. The van der Waals surface area contributed by atoms with Gasteiger partial charge >= 0.3 is 0 Å². The van der Waals surface area contributed by atoms with Crippen molar-refractivity contribution in [2.24, 2.45) is 7.05 Å². The van der Waals surface area contributed by atoms with Gasteiger partial charge in [0, 0.05) is 30.3 Å². The van der Waals surface area contributed by atoms with E-state index >= 15 is 0 Å². The lowest BCUT2D eigenvalue weighted by Crippen LogP contribution is -2.19. The van der Waals surface area contributed by atoms with Gasteiger partial charge in [-0.2, -0.15) is 10.2 Å². The minimum Gasteiger partial charge on any atom is -0.497 e. The van der Waals surface area contributed by atoms with Crippen LogP contribution >= 0.6 is 0 Å². The van der Waals surface area contributed by atoms with Crippen molar-refractivity contribution in [1.29, 1.82) is 0 Å². The number of hydrogen-bond donors (Lipinski definition) is 1. The summed E-state index contributed by atoms with van der Waals surface area (Å²) in [5.41, 5.74) is 2.49. The van der Waals surface area contributed by atoms with Crippen LogP contribution in [0, 0.1) is 0 Å². The Hall–Kier alpha value is -3.81. The molecule has 148 valence electrons. The number of aromatic nitrogens is 4. The molecule has 0 aliphatic rings. The number of carbonyl (C=O) groups is 1. The van der Waals surface area contributed by atoms with E-state index < -0.39 is 0 Å². The highest BCUT2D eigenvalue weighted by atomic mass is 16.5. The summed E-state index contributed by atoms with van der Waals surface area (Å²) in [7, 11) is 5.05. The first-order valence-corrected chi connectivity index (χ1v) is 9.06. The molecule has 8 nitrogen and oxygen atoms in total. The fourth-order valence-corrected chi connectivity index (χ4v) is 3.23. The number of carbonyl (C=O) groups excluding carboxylic acids is 1. The van der Waals surface area contributed by atoms with E-state index in [1.807, 2.05) is 49.5 Å². The van der Waals surface area contributed by atoms with Gasteiger partial charge in [-0.15, -0.1) is 0 Å². The first-order valence-electron chi connectivity index (χ1n) is 9.06. The third-order valence-electron chi connectivity index (χ3n) is 4.65. The van der Waals surface area contributed by atoms with Crippen LogP contribution in [0.15, 0.2) is 54.7 Å². The Morgan fingerprint density at radius 3 is 2.69 bits per heavy atom. The topological polar surface area (TPSA) is 83.2 Å². The first kappa shape index (κ1) is 18.5. The van der Waals surface area contributed by atoms with Gasteiger partial charge in [0.15, 0.2) is 5.82 Å². The van der Waals surface area contributed by atoms with Gasteiger partial charge in [0.05, 0.1) is 25.4 Å². The summed E-state index contributed by atoms with van der Waals surface area (Å²) in [6, 6.07) is 15.1. The van der Waals surface area contributed by atoms with Crippen molar-refractivity contribution in [2.75, 3.05) is 19.5 Å². The molecule has 0 aliphatic heterocycles. The van der Waals surface area contributed by atoms with E-state index in [1.165, 1.54) is 0 Å². The molecule has 1 amide bonds. The van der Waals surface area contributed by atoms with Crippen molar-refractivity contribution in [3.05, 3.63) is 54.7 Å². The highest BCUT2D eigenvalue weighted by Crippen LogP contribution is 2.32. The van der Waals surface area contributed by atoms with Gasteiger partial charge in [0.2, 0.25) is 5.91 Å². The summed E-state index contributed by atoms with van der Waals surface area (Å²) < 4.78 is 14.0. The van der Waals surface area contributed by atoms with Crippen molar-refractivity contribution >= 4 is 22.6 Å². The third-order valence-corrected chi connectivity index (χ3v) is 4.65. The maximum absolute atomic E-state index is 12.5. The van der Waals surface area contributed by atoms with Crippen molar-refractivity contribution in [3.63, 3.8) is 0 Å². The third kappa shape index (κ3) is 3.64. The Labute approximate surface area is 167 Å². The maximum Gasteiger partial charge on any atom is 0.247 e. The Bertz CT molecular complexity index is 1180.